The fourth-order valence-electron chi connectivity index (χ4n) is 2.03. The van der Waals surface area contributed by atoms with E-state index in [0.717, 1.165) is 30.9 Å². The summed E-state index contributed by atoms with van der Waals surface area (Å²) in [5, 5.41) is 0.534. The van der Waals surface area contributed by atoms with E-state index in [-0.39, 0.29) is 0 Å². The Kier molecular flexibility index (Phi) is 5.86. The smallest absolute Gasteiger partial charge is 0.134 e. The van der Waals surface area contributed by atoms with Crippen molar-refractivity contribution in [2.24, 2.45) is 5.92 Å². The molecule has 18 heavy (non-hydrogen) atoms. The molecule has 4 heteroatoms. The van der Waals surface area contributed by atoms with E-state index in [1.165, 1.54) is 0 Å². The van der Waals surface area contributed by atoms with Gasteiger partial charge in [-0.3, -0.25) is 0 Å². The monoisotopic (exact) mass is 269 g/mol. The van der Waals surface area contributed by atoms with Crippen LogP contribution in [0, 0.1) is 5.92 Å². The number of aromatic nitrogens is 2. The molecule has 1 aromatic heterocycles. The van der Waals surface area contributed by atoms with Crippen LogP contribution >= 0.6 is 11.6 Å². The number of rotatable bonds is 6. The van der Waals surface area contributed by atoms with Crippen LogP contribution in [0.5, 0.6) is 0 Å². The second-order valence-electron chi connectivity index (χ2n) is 5.30. The normalized spacial score (nSPS) is 12.8. The second kappa shape index (κ2) is 6.93. The zero-order valence-corrected chi connectivity index (χ0v) is 12.8. The maximum absolute atomic E-state index is 6.06. The fourth-order valence-corrected chi connectivity index (χ4v) is 2.23. The maximum atomic E-state index is 6.06. The predicted octanol–water partition coefficient (Wildman–Crippen LogP) is 3.95. The number of anilines is 1. The molecule has 0 aliphatic rings. The Hall–Kier alpha value is -0.830. The highest BCUT2D eigenvalue weighted by Crippen LogP contribution is 2.20. The largest absolute Gasteiger partial charge is 0.357 e. The van der Waals surface area contributed by atoms with Crippen molar-refractivity contribution in [2.45, 2.75) is 53.0 Å². The first-order chi connectivity index (χ1) is 8.43. The molecule has 102 valence electrons. The number of aryl methyl sites for hydroxylation is 1. The van der Waals surface area contributed by atoms with E-state index in [1.807, 2.05) is 6.07 Å². The topological polar surface area (TPSA) is 29.0 Å². The van der Waals surface area contributed by atoms with E-state index in [9.17, 15) is 0 Å². The first kappa shape index (κ1) is 15.2. The number of hydrogen-bond acceptors (Lipinski definition) is 3. The molecular weight excluding hydrogens is 246 g/mol. The van der Waals surface area contributed by atoms with Gasteiger partial charge in [0.05, 0.1) is 0 Å². The quantitative estimate of drug-likeness (QED) is 0.732. The molecule has 1 atom stereocenters. The lowest BCUT2D eigenvalue weighted by atomic mass is 10.0. The summed E-state index contributed by atoms with van der Waals surface area (Å²) >= 11 is 6.06. The zero-order valence-electron chi connectivity index (χ0n) is 12.1. The molecule has 1 aromatic rings. The van der Waals surface area contributed by atoms with Crippen molar-refractivity contribution in [1.29, 1.82) is 0 Å². The number of halogens is 1. The highest BCUT2D eigenvalue weighted by molar-refractivity contribution is 6.29. The van der Waals surface area contributed by atoms with Gasteiger partial charge in [-0.15, -0.1) is 0 Å². The lowest BCUT2D eigenvalue weighted by molar-refractivity contribution is 0.501. The second-order valence-corrected chi connectivity index (χ2v) is 5.69. The van der Waals surface area contributed by atoms with Crippen LogP contribution in [0.3, 0.4) is 0 Å². The number of nitrogens with zero attached hydrogens (tertiary/aromatic N) is 3. The number of hydrogen-bond donors (Lipinski definition) is 0. The molecule has 3 nitrogen and oxygen atoms in total. The van der Waals surface area contributed by atoms with Crippen molar-refractivity contribution in [3.8, 4) is 0 Å². The summed E-state index contributed by atoms with van der Waals surface area (Å²) in [6, 6.07) is 2.29. The van der Waals surface area contributed by atoms with E-state index in [1.54, 1.807) is 0 Å². The molecule has 0 aromatic carbocycles. The molecule has 0 fully saturated rings. The molecule has 0 spiro atoms. The summed E-state index contributed by atoms with van der Waals surface area (Å²) in [6.07, 6.45) is 3.05. The fraction of sp³-hybridized carbons (Fsp3) is 0.714. The molecule has 1 heterocycles. The van der Waals surface area contributed by atoms with Gasteiger partial charge in [-0.25, -0.2) is 9.97 Å². The van der Waals surface area contributed by atoms with Gasteiger partial charge in [0, 0.05) is 25.6 Å². The minimum Gasteiger partial charge on any atom is -0.357 e. The highest BCUT2D eigenvalue weighted by atomic mass is 35.5. The summed E-state index contributed by atoms with van der Waals surface area (Å²) < 4.78 is 0. The molecule has 0 amide bonds. The van der Waals surface area contributed by atoms with Gasteiger partial charge in [0.15, 0.2) is 0 Å². The predicted molar refractivity (Wildman–Crippen MR) is 78.4 cm³/mol. The Bertz CT molecular complexity index is 379. The van der Waals surface area contributed by atoms with Crippen LogP contribution in [0.25, 0.3) is 0 Å². The Morgan fingerprint density at radius 1 is 1.28 bits per heavy atom. The molecule has 0 bridgehead atoms. The van der Waals surface area contributed by atoms with Crippen LogP contribution in [0.4, 0.5) is 5.82 Å². The van der Waals surface area contributed by atoms with Gasteiger partial charge >= 0.3 is 0 Å². The van der Waals surface area contributed by atoms with Crippen LogP contribution in [0.1, 0.15) is 46.4 Å². The first-order valence-corrected chi connectivity index (χ1v) is 7.08. The van der Waals surface area contributed by atoms with E-state index in [4.69, 9.17) is 11.6 Å². The van der Waals surface area contributed by atoms with Crippen molar-refractivity contribution >= 4 is 17.4 Å². The summed E-state index contributed by atoms with van der Waals surface area (Å²) in [7, 11) is 2.07. The minimum atomic E-state index is 0.449. The Morgan fingerprint density at radius 3 is 2.50 bits per heavy atom. The third-order valence-electron chi connectivity index (χ3n) is 3.04. The minimum absolute atomic E-state index is 0.449. The summed E-state index contributed by atoms with van der Waals surface area (Å²) in [6.45, 7) is 8.81. The van der Waals surface area contributed by atoms with Gasteiger partial charge in [-0.2, -0.15) is 0 Å². The van der Waals surface area contributed by atoms with Crippen molar-refractivity contribution in [3.63, 3.8) is 0 Å². The first-order valence-electron chi connectivity index (χ1n) is 6.70. The van der Waals surface area contributed by atoms with E-state index >= 15 is 0 Å². The summed E-state index contributed by atoms with van der Waals surface area (Å²) in [5.41, 5.74) is 0. The van der Waals surface area contributed by atoms with E-state index in [0.29, 0.717) is 17.1 Å². The molecule has 0 aliphatic heterocycles. The van der Waals surface area contributed by atoms with Crippen LogP contribution in [0.15, 0.2) is 6.07 Å². The molecule has 1 rings (SSSR count). The average molecular weight is 270 g/mol. The molecule has 0 radical (unpaired) electrons. The lowest BCUT2D eigenvalue weighted by Crippen LogP contribution is -2.31. The van der Waals surface area contributed by atoms with Crippen molar-refractivity contribution < 1.29 is 0 Å². The lowest BCUT2D eigenvalue weighted by Gasteiger charge is -2.27. The summed E-state index contributed by atoms with van der Waals surface area (Å²) in [4.78, 5) is 11.0. The molecular formula is C14H24ClN3. The molecule has 1 unspecified atom stereocenters. The van der Waals surface area contributed by atoms with Crippen LogP contribution < -0.4 is 4.90 Å². The summed E-state index contributed by atoms with van der Waals surface area (Å²) in [5.74, 6) is 2.44. The van der Waals surface area contributed by atoms with Gasteiger partial charge in [0.1, 0.15) is 16.8 Å². The van der Waals surface area contributed by atoms with Crippen LogP contribution in [0.2, 0.25) is 5.15 Å². The van der Waals surface area contributed by atoms with Crippen LogP contribution in [-0.4, -0.2) is 23.1 Å². The maximum Gasteiger partial charge on any atom is 0.134 e. The molecule has 0 saturated heterocycles. The third kappa shape index (κ3) is 4.45. The van der Waals surface area contributed by atoms with Crippen molar-refractivity contribution in [3.05, 3.63) is 17.0 Å². The highest BCUT2D eigenvalue weighted by Gasteiger charge is 2.14. The van der Waals surface area contributed by atoms with Gasteiger partial charge in [-0.1, -0.05) is 32.4 Å². The van der Waals surface area contributed by atoms with E-state index in [2.05, 4.69) is 49.6 Å². The van der Waals surface area contributed by atoms with Crippen molar-refractivity contribution in [1.82, 2.24) is 9.97 Å². The third-order valence-corrected chi connectivity index (χ3v) is 3.23. The zero-order chi connectivity index (χ0) is 13.7. The Balaban J connectivity index is 2.87. The van der Waals surface area contributed by atoms with E-state index < -0.39 is 0 Å². The molecule has 0 N–H and O–H groups in total. The Labute approximate surface area is 116 Å². The Morgan fingerprint density at radius 2 is 1.94 bits per heavy atom. The average Bonchev–Trinajstić information content (AvgIpc) is 2.26. The van der Waals surface area contributed by atoms with Gasteiger partial charge in [-0.05, 0) is 25.7 Å². The SMILES string of the molecule is CCCc1nc(Cl)cc(N(C)C(C)CC(C)C)n1. The van der Waals surface area contributed by atoms with Crippen LogP contribution in [-0.2, 0) is 6.42 Å². The van der Waals surface area contributed by atoms with Gasteiger partial charge in [0.2, 0.25) is 0 Å². The van der Waals surface area contributed by atoms with Gasteiger partial charge < -0.3 is 4.90 Å². The van der Waals surface area contributed by atoms with Crippen molar-refractivity contribution in [2.75, 3.05) is 11.9 Å². The standard InChI is InChI=1S/C14H24ClN3/c1-6-7-13-16-12(15)9-14(17-13)18(5)11(4)8-10(2)3/h9-11H,6-8H2,1-5H3. The molecule has 0 saturated carbocycles. The van der Waals surface area contributed by atoms with Gasteiger partial charge in [0.25, 0.3) is 0 Å². The molecule has 0 aliphatic carbocycles.